The van der Waals surface area contributed by atoms with Gasteiger partial charge in [0.05, 0.1) is 11.8 Å². The fraction of sp³-hybridized carbons (Fsp3) is 0.900. The molecule has 0 unspecified atom stereocenters. The molecule has 86 valence electrons. The topological polar surface area (TPSA) is 70.0 Å². The van der Waals surface area contributed by atoms with Crippen molar-refractivity contribution in [1.82, 2.24) is 4.72 Å². The van der Waals surface area contributed by atoms with E-state index in [9.17, 15) is 8.42 Å². The lowest BCUT2D eigenvalue weighted by molar-refractivity contribution is 0.278. The van der Waals surface area contributed by atoms with Gasteiger partial charge in [-0.25, -0.2) is 8.42 Å². The number of nitriles is 1. The van der Waals surface area contributed by atoms with Gasteiger partial charge in [-0.1, -0.05) is 6.92 Å². The van der Waals surface area contributed by atoms with Crippen LogP contribution in [-0.4, -0.2) is 19.7 Å². The molecule has 1 aliphatic rings. The smallest absolute Gasteiger partial charge is 0.212 e. The van der Waals surface area contributed by atoms with Crippen LogP contribution in [-0.2, 0) is 10.0 Å². The van der Waals surface area contributed by atoms with E-state index in [4.69, 9.17) is 5.26 Å². The molecule has 1 rings (SSSR count). The molecule has 1 saturated carbocycles. The fourth-order valence-electron chi connectivity index (χ4n) is 1.86. The molecule has 0 aromatic heterocycles. The molecule has 0 atom stereocenters. The number of sulfonamides is 1. The Hall–Kier alpha value is -0.600. The van der Waals surface area contributed by atoms with Crippen molar-refractivity contribution in [3.63, 3.8) is 0 Å². The predicted molar refractivity (Wildman–Crippen MR) is 58.6 cm³/mol. The summed E-state index contributed by atoms with van der Waals surface area (Å²) in [6, 6.07) is 2.14. The SMILES string of the molecule is CCS(=O)(=O)NC1(C#N)CCC(C)CC1. The molecule has 0 radical (unpaired) electrons. The van der Waals surface area contributed by atoms with Crippen molar-refractivity contribution >= 4 is 10.0 Å². The summed E-state index contributed by atoms with van der Waals surface area (Å²) in [6.07, 6.45) is 3.09. The van der Waals surface area contributed by atoms with Gasteiger partial charge < -0.3 is 0 Å². The summed E-state index contributed by atoms with van der Waals surface area (Å²) in [5.74, 6) is 0.629. The summed E-state index contributed by atoms with van der Waals surface area (Å²) >= 11 is 0. The zero-order valence-electron chi connectivity index (χ0n) is 9.28. The molecule has 0 amide bonds. The van der Waals surface area contributed by atoms with Gasteiger partial charge in [0.2, 0.25) is 10.0 Å². The number of hydrogen-bond acceptors (Lipinski definition) is 3. The van der Waals surface area contributed by atoms with Gasteiger partial charge in [0.25, 0.3) is 0 Å². The summed E-state index contributed by atoms with van der Waals surface area (Å²) in [5.41, 5.74) is -0.846. The van der Waals surface area contributed by atoms with Crippen molar-refractivity contribution in [2.75, 3.05) is 5.75 Å². The van der Waals surface area contributed by atoms with E-state index in [-0.39, 0.29) is 5.75 Å². The van der Waals surface area contributed by atoms with Crippen LogP contribution in [0.2, 0.25) is 0 Å². The van der Waals surface area contributed by atoms with Crippen LogP contribution in [0.1, 0.15) is 39.5 Å². The van der Waals surface area contributed by atoms with E-state index in [0.717, 1.165) is 12.8 Å². The first-order chi connectivity index (χ1) is 6.93. The van der Waals surface area contributed by atoms with Crippen LogP contribution in [0.15, 0.2) is 0 Å². The van der Waals surface area contributed by atoms with Crippen LogP contribution >= 0.6 is 0 Å². The zero-order valence-corrected chi connectivity index (χ0v) is 10.1. The standard InChI is InChI=1S/C10H18N2O2S/c1-3-15(13,14)12-10(8-11)6-4-9(2)5-7-10/h9,12H,3-7H2,1-2H3. The second-order valence-electron chi connectivity index (χ2n) is 4.38. The number of rotatable bonds is 3. The van der Waals surface area contributed by atoms with Gasteiger partial charge in [0.15, 0.2) is 0 Å². The predicted octanol–water partition coefficient (Wildman–Crippen LogP) is 1.40. The summed E-state index contributed by atoms with van der Waals surface area (Å²) < 4.78 is 25.4. The highest BCUT2D eigenvalue weighted by atomic mass is 32.2. The molecule has 0 spiro atoms. The molecular formula is C10H18N2O2S. The molecule has 15 heavy (non-hydrogen) atoms. The van der Waals surface area contributed by atoms with E-state index >= 15 is 0 Å². The molecule has 4 nitrogen and oxygen atoms in total. The summed E-state index contributed by atoms with van der Waals surface area (Å²) in [5, 5.41) is 9.11. The van der Waals surface area contributed by atoms with Gasteiger partial charge in [-0.2, -0.15) is 9.98 Å². The van der Waals surface area contributed by atoms with E-state index in [0.29, 0.717) is 18.8 Å². The third-order valence-electron chi connectivity index (χ3n) is 3.07. The first kappa shape index (κ1) is 12.5. The van der Waals surface area contributed by atoms with Crippen LogP contribution in [0, 0.1) is 17.2 Å². The van der Waals surface area contributed by atoms with Gasteiger partial charge in [-0.05, 0) is 38.5 Å². The fourth-order valence-corrected chi connectivity index (χ4v) is 2.85. The van der Waals surface area contributed by atoms with Crippen LogP contribution in [0.5, 0.6) is 0 Å². The normalized spacial score (nSPS) is 32.2. The molecule has 5 heteroatoms. The Kier molecular flexibility index (Phi) is 3.74. The van der Waals surface area contributed by atoms with E-state index in [1.807, 2.05) is 0 Å². The van der Waals surface area contributed by atoms with Gasteiger partial charge in [-0.15, -0.1) is 0 Å². The molecule has 0 aromatic carbocycles. The van der Waals surface area contributed by atoms with Crippen molar-refractivity contribution < 1.29 is 8.42 Å². The lowest BCUT2D eigenvalue weighted by Gasteiger charge is -2.33. The summed E-state index contributed by atoms with van der Waals surface area (Å²) in [7, 11) is -3.28. The third-order valence-corrected chi connectivity index (χ3v) is 4.53. The maximum Gasteiger partial charge on any atom is 0.212 e. The Labute approximate surface area is 91.7 Å². The molecule has 1 aliphatic carbocycles. The number of hydrogen-bond donors (Lipinski definition) is 1. The third kappa shape index (κ3) is 3.18. The van der Waals surface area contributed by atoms with Crippen molar-refractivity contribution in [3.05, 3.63) is 0 Å². The van der Waals surface area contributed by atoms with Gasteiger partial charge in [-0.3, -0.25) is 0 Å². The summed E-state index contributed by atoms with van der Waals surface area (Å²) in [4.78, 5) is 0. The van der Waals surface area contributed by atoms with Crippen LogP contribution < -0.4 is 4.72 Å². The second kappa shape index (κ2) is 4.50. The van der Waals surface area contributed by atoms with Crippen molar-refractivity contribution in [1.29, 1.82) is 5.26 Å². The highest BCUT2D eigenvalue weighted by Crippen LogP contribution is 2.31. The van der Waals surface area contributed by atoms with Crippen molar-refractivity contribution in [2.24, 2.45) is 5.92 Å². The maximum absolute atomic E-state index is 11.5. The van der Waals surface area contributed by atoms with Gasteiger partial charge in [0.1, 0.15) is 5.54 Å². The van der Waals surface area contributed by atoms with E-state index in [1.165, 1.54) is 0 Å². The van der Waals surface area contributed by atoms with Gasteiger partial charge in [0, 0.05) is 0 Å². The first-order valence-corrected chi connectivity index (χ1v) is 7.01. The quantitative estimate of drug-likeness (QED) is 0.796. The van der Waals surface area contributed by atoms with Gasteiger partial charge >= 0.3 is 0 Å². The Bertz CT molecular complexity index is 348. The molecule has 1 fully saturated rings. The van der Waals surface area contributed by atoms with E-state index in [1.54, 1.807) is 6.92 Å². The molecule has 1 N–H and O–H groups in total. The monoisotopic (exact) mass is 230 g/mol. The molecule has 0 aromatic rings. The highest BCUT2D eigenvalue weighted by Gasteiger charge is 2.37. The highest BCUT2D eigenvalue weighted by molar-refractivity contribution is 7.89. The van der Waals surface area contributed by atoms with Crippen LogP contribution in [0.25, 0.3) is 0 Å². The Balaban J connectivity index is 2.76. The van der Waals surface area contributed by atoms with E-state index < -0.39 is 15.6 Å². The molecular weight excluding hydrogens is 212 g/mol. The molecule has 0 saturated heterocycles. The largest absolute Gasteiger partial charge is 0.212 e. The Morgan fingerprint density at radius 1 is 1.47 bits per heavy atom. The number of nitrogens with one attached hydrogen (secondary N) is 1. The number of nitrogens with zero attached hydrogens (tertiary/aromatic N) is 1. The average molecular weight is 230 g/mol. The minimum atomic E-state index is -3.28. The minimum absolute atomic E-state index is 0.0337. The summed E-state index contributed by atoms with van der Waals surface area (Å²) in [6.45, 7) is 3.72. The zero-order chi connectivity index (χ0) is 11.5. The molecule has 0 heterocycles. The van der Waals surface area contributed by atoms with E-state index in [2.05, 4.69) is 17.7 Å². The first-order valence-electron chi connectivity index (χ1n) is 5.36. The second-order valence-corrected chi connectivity index (χ2v) is 6.39. The van der Waals surface area contributed by atoms with Crippen LogP contribution in [0.4, 0.5) is 0 Å². The lowest BCUT2D eigenvalue weighted by atomic mass is 9.79. The minimum Gasteiger partial charge on any atom is -0.212 e. The van der Waals surface area contributed by atoms with Crippen molar-refractivity contribution in [3.8, 4) is 6.07 Å². The Morgan fingerprint density at radius 2 is 2.00 bits per heavy atom. The lowest BCUT2D eigenvalue weighted by Crippen LogP contribution is -2.49. The molecule has 0 aliphatic heterocycles. The Morgan fingerprint density at radius 3 is 2.40 bits per heavy atom. The average Bonchev–Trinajstić information content (AvgIpc) is 2.22. The van der Waals surface area contributed by atoms with Crippen LogP contribution in [0.3, 0.4) is 0 Å². The maximum atomic E-state index is 11.5. The van der Waals surface area contributed by atoms with Crippen molar-refractivity contribution in [2.45, 2.75) is 45.1 Å². The molecule has 0 bridgehead atoms.